The second-order valence-corrected chi connectivity index (χ2v) is 6.82. The summed E-state index contributed by atoms with van der Waals surface area (Å²) in [4.78, 5) is 10.9. The standard InChI is InChI=1S/C21H13F3N2O4/c1-29-19-8-20-14(11-3-2-10(9-25)4-13(11)19)5-15(21(30-20)26(27)28)12-6-17(23)18(24)7-16(12)22/h2-4,6-8,15,21H,5H2,1H3. The molecule has 0 bridgehead atoms. The highest BCUT2D eigenvalue weighted by molar-refractivity contribution is 5.94. The number of rotatable bonds is 3. The minimum atomic E-state index is -1.71. The lowest BCUT2D eigenvalue weighted by Gasteiger charge is -2.30. The number of halogens is 3. The molecule has 0 aliphatic carbocycles. The zero-order valence-corrected chi connectivity index (χ0v) is 15.5. The molecule has 1 heterocycles. The summed E-state index contributed by atoms with van der Waals surface area (Å²) in [7, 11) is 1.41. The van der Waals surface area contributed by atoms with Gasteiger partial charge >= 0.3 is 6.23 Å². The topological polar surface area (TPSA) is 85.4 Å². The van der Waals surface area contributed by atoms with Crippen LogP contribution in [0.25, 0.3) is 10.8 Å². The first kappa shape index (κ1) is 19.5. The normalized spacial score (nSPS) is 17.7. The number of nitro groups is 1. The van der Waals surface area contributed by atoms with Crippen molar-refractivity contribution in [1.29, 1.82) is 5.26 Å². The van der Waals surface area contributed by atoms with Crippen LogP contribution >= 0.6 is 0 Å². The highest BCUT2D eigenvalue weighted by Crippen LogP contribution is 2.44. The lowest BCUT2D eigenvalue weighted by atomic mass is 9.85. The Bertz CT molecular complexity index is 1240. The predicted molar refractivity (Wildman–Crippen MR) is 99.4 cm³/mol. The Morgan fingerprint density at radius 2 is 1.87 bits per heavy atom. The number of nitrogens with zero attached hydrogens (tertiary/aromatic N) is 2. The molecule has 0 aromatic heterocycles. The number of fused-ring (bicyclic) bond motifs is 3. The van der Waals surface area contributed by atoms with Crippen LogP contribution in [0.3, 0.4) is 0 Å². The van der Waals surface area contributed by atoms with Crippen LogP contribution in [0.15, 0.2) is 36.4 Å². The second-order valence-electron chi connectivity index (χ2n) is 6.82. The molecule has 4 rings (SSSR count). The minimum Gasteiger partial charge on any atom is -0.496 e. The molecule has 0 spiro atoms. The van der Waals surface area contributed by atoms with Crippen molar-refractivity contribution in [3.05, 3.63) is 80.7 Å². The summed E-state index contributed by atoms with van der Waals surface area (Å²) in [5.74, 6) is -4.47. The van der Waals surface area contributed by atoms with Crippen LogP contribution in [-0.4, -0.2) is 18.3 Å². The molecule has 0 N–H and O–H groups in total. The smallest absolute Gasteiger partial charge is 0.361 e. The van der Waals surface area contributed by atoms with Gasteiger partial charge in [-0.25, -0.2) is 13.2 Å². The third-order valence-electron chi connectivity index (χ3n) is 5.18. The Kier molecular flexibility index (Phi) is 4.70. The molecule has 0 radical (unpaired) electrons. The fourth-order valence-electron chi connectivity index (χ4n) is 3.79. The van der Waals surface area contributed by atoms with Gasteiger partial charge in [-0.05, 0) is 30.0 Å². The maximum atomic E-state index is 14.4. The van der Waals surface area contributed by atoms with Crippen LogP contribution in [0.1, 0.15) is 22.6 Å². The van der Waals surface area contributed by atoms with E-state index in [1.54, 1.807) is 18.2 Å². The van der Waals surface area contributed by atoms with Crippen LogP contribution in [0.4, 0.5) is 13.2 Å². The van der Waals surface area contributed by atoms with Crippen molar-refractivity contribution in [1.82, 2.24) is 0 Å². The lowest BCUT2D eigenvalue weighted by Crippen LogP contribution is -2.38. The van der Waals surface area contributed by atoms with Gasteiger partial charge < -0.3 is 9.47 Å². The van der Waals surface area contributed by atoms with Gasteiger partial charge in [0.2, 0.25) is 0 Å². The van der Waals surface area contributed by atoms with E-state index in [1.807, 2.05) is 6.07 Å². The number of benzene rings is 3. The number of hydrogen-bond donors (Lipinski definition) is 0. The van der Waals surface area contributed by atoms with Crippen molar-refractivity contribution >= 4 is 10.8 Å². The van der Waals surface area contributed by atoms with Gasteiger partial charge in [-0.15, -0.1) is 0 Å². The molecular weight excluding hydrogens is 401 g/mol. The molecule has 3 aromatic carbocycles. The first-order valence-corrected chi connectivity index (χ1v) is 8.82. The molecule has 0 saturated heterocycles. The SMILES string of the molecule is COc1cc2c(c3ccc(C#N)cc13)CC(c1cc(F)c(F)cc1F)C([N+](=O)[O-])O2. The van der Waals surface area contributed by atoms with Gasteiger partial charge in [0.15, 0.2) is 11.6 Å². The molecule has 2 atom stereocenters. The zero-order valence-electron chi connectivity index (χ0n) is 15.5. The summed E-state index contributed by atoms with van der Waals surface area (Å²) >= 11 is 0. The molecule has 1 aliphatic rings. The minimum absolute atomic E-state index is 0.0602. The average molecular weight is 414 g/mol. The molecular formula is C21H13F3N2O4. The van der Waals surface area contributed by atoms with E-state index in [0.29, 0.717) is 39.8 Å². The fraction of sp³-hybridized carbons (Fsp3) is 0.190. The van der Waals surface area contributed by atoms with Crippen molar-refractivity contribution in [3.63, 3.8) is 0 Å². The Morgan fingerprint density at radius 1 is 1.13 bits per heavy atom. The van der Waals surface area contributed by atoms with Gasteiger partial charge in [-0.3, -0.25) is 10.1 Å². The van der Waals surface area contributed by atoms with E-state index < -0.39 is 34.5 Å². The highest BCUT2D eigenvalue weighted by Gasteiger charge is 2.42. The summed E-state index contributed by atoms with van der Waals surface area (Å²) in [6.45, 7) is 0. The van der Waals surface area contributed by atoms with E-state index in [0.717, 1.165) is 0 Å². The van der Waals surface area contributed by atoms with Gasteiger partial charge in [0.05, 0.1) is 29.6 Å². The third kappa shape index (κ3) is 3.06. The maximum absolute atomic E-state index is 14.4. The Morgan fingerprint density at radius 3 is 2.53 bits per heavy atom. The molecule has 2 unspecified atom stereocenters. The second kappa shape index (κ2) is 7.22. The van der Waals surface area contributed by atoms with Crippen LogP contribution in [0.5, 0.6) is 11.5 Å². The van der Waals surface area contributed by atoms with E-state index in [2.05, 4.69) is 0 Å². The number of ether oxygens (including phenoxy) is 2. The molecule has 0 saturated carbocycles. The van der Waals surface area contributed by atoms with Gasteiger partial charge in [0.25, 0.3) is 0 Å². The number of methoxy groups -OCH3 is 1. The summed E-state index contributed by atoms with van der Waals surface area (Å²) in [5.41, 5.74) is 0.547. The van der Waals surface area contributed by atoms with Crippen LogP contribution in [0.2, 0.25) is 0 Å². The Balaban J connectivity index is 1.93. The Hall–Kier alpha value is -3.80. The third-order valence-corrected chi connectivity index (χ3v) is 5.18. The first-order valence-electron chi connectivity index (χ1n) is 8.82. The summed E-state index contributed by atoms with van der Waals surface area (Å²) in [6, 6.07) is 9.28. The summed E-state index contributed by atoms with van der Waals surface area (Å²) < 4.78 is 52.5. The largest absolute Gasteiger partial charge is 0.496 e. The predicted octanol–water partition coefficient (Wildman–Crippen LogP) is 4.46. The van der Waals surface area contributed by atoms with E-state index in [4.69, 9.17) is 14.7 Å². The van der Waals surface area contributed by atoms with Crippen LogP contribution in [-0.2, 0) is 6.42 Å². The molecule has 152 valence electrons. The van der Waals surface area contributed by atoms with Crippen molar-refractivity contribution in [2.45, 2.75) is 18.6 Å². The summed E-state index contributed by atoms with van der Waals surface area (Å²) in [5, 5.41) is 22.0. The molecule has 1 aliphatic heterocycles. The molecule has 0 fully saturated rings. The number of nitriles is 1. The summed E-state index contributed by atoms with van der Waals surface area (Å²) in [6.07, 6.45) is -1.77. The fourth-order valence-corrected chi connectivity index (χ4v) is 3.79. The lowest BCUT2D eigenvalue weighted by molar-refractivity contribution is -0.568. The first-order chi connectivity index (χ1) is 14.3. The van der Waals surface area contributed by atoms with Crippen molar-refractivity contribution < 1.29 is 27.6 Å². The van der Waals surface area contributed by atoms with E-state index in [-0.39, 0.29) is 17.7 Å². The van der Waals surface area contributed by atoms with E-state index in [9.17, 15) is 23.3 Å². The van der Waals surface area contributed by atoms with Crippen molar-refractivity contribution in [2.75, 3.05) is 7.11 Å². The highest BCUT2D eigenvalue weighted by atomic mass is 19.2. The number of hydrogen-bond acceptors (Lipinski definition) is 5. The Labute approximate surface area is 168 Å². The molecule has 6 nitrogen and oxygen atoms in total. The van der Waals surface area contributed by atoms with E-state index in [1.165, 1.54) is 13.2 Å². The van der Waals surface area contributed by atoms with Crippen LogP contribution in [0, 0.1) is 38.9 Å². The zero-order chi connectivity index (χ0) is 21.6. The molecule has 9 heteroatoms. The van der Waals surface area contributed by atoms with Crippen molar-refractivity contribution in [2.24, 2.45) is 0 Å². The van der Waals surface area contributed by atoms with Gasteiger partial charge in [-0.2, -0.15) is 5.26 Å². The quantitative estimate of drug-likeness (QED) is 0.359. The maximum Gasteiger partial charge on any atom is 0.361 e. The molecule has 0 amide bonds. The van der Waals surface area contributed by atoms with Gasteiger partial charge in [0, 0.05) is 28.6 Å². The molecule has 3 aromatic rings. The van der Waals surface area contributed by atoms with Crippen molar-refractivity contribution in [3.8, 4) is 17.6 Å². The van der Waals surface area contributed by atoms with E-state index >= 15 is 0 Å². The molecule has 30 heavy (non-hydrogen) atoms. The average Bonchev–Trinajstić information content (AvgIpc) is 2.74. The van der Waals surface area contributed by atoms with Gasteiger partial charge in [0.1, 0.15) is 17.3 Å². The van der Waals surface area contributed by atoms with Gasteiger partial charge in [-0.1, -0.05) is 6.07 Å². The monoisotopic (exact) mass is 414 g/mol. The van der Waals surface area contributed by atoms with Crippen LogP contribution < -0.4 is 9.47 Å².